The van der Waals surface area contributed by atoms with E-state index in [1.807, 2.05) is 42.7 Å². The number of rotatable bonds is 9. The second kappa shape index (κ2) is 10.3. The third-order valence-electron chi connectivity index (χ3n) is 4.67. The number of ether oxygens (including phenoxy) is 2. The van der Waals surface area contributed by atoms with Gasteiger partial charge in [-0.25, -0.2) is 0 Å². The monoisotopic (exact) mass is 440 g/mol. The van der Waals surface area contributed by atoms with Gasteiger partial charge >= 0.3 is 0 Å². The maximum Gasteiger partial charge on any atom is 0.234 e. The van der Waals surface area contributed by atoms with Gasteiger partial charge in [-0.15, -0.1) is 10.2 Å². The first-order valence-corrected chi connectivity index (χ1v) is 11.1. The van der Waals surface area contributed by atoms with Crippen molar-refractivity contribution < 1.29 is 14.3 Å². The van der Waals surface area contributed by atoms with Crippen molar-refractivity contribution in [2.45, 2.75) is 45.5 Å². The van der Waals surface area contributed by atoms with E-state index in [0.717, 1.165) is 22.7 Å². The van der Waals surface area contributed by atoms with Crippen molar-refractivity contribution in [3.63, 3.8) is 0 Å². The number of carbonyl (C=O) groups is 1. The van der Waals surface area contributed by atoms with Gasteiger partial charge in [0.25, 0.3) is 0 Å². The minimum absolute atomic E-state index is 0.131. The van der Waals surface area contributed by atoms with Crippen LogP contribution < -0.4 is 14.8 Å². The molecule has 3 rings (SSSR count). The Hall–Kier alpha value is -3.00. The van der Waals surface area contributed by atoms with Gasteiger partial charge in [-0.1, -0.05) is 36.0 Å². The summed E-state index contributed by atoms with van der Waals surface area (Å²) in [4.78, 5) is 12.5. The van der Waals surface area contributed by atoms with Gasteiger partial charge in [0.15, 0.2) is 11.0 Å². The molecule has 0 fully saturated rings. The van der Waals surface area contributed by atoms with E-state index in [-0.39, 0.29) is 17.7 Å². The van der Waals surface area contributed by atoms with Gasteiger partial charge in [0, 0.05) is 6.04 Å². The van der Waals surface area contributed by atoms with Crippen LogP contribution in [0.5, 0.6) is 11.5 Å². The number of aryl methyl sites for hydroxylation is 2. The molecule has 0 radical (unpaired) electrons. The molecule has 1 N–H and O–H groups in total. The lowest BCUT2D eigenvalue weighted by atomic mass is 10.1. The molecule has 0 aliphatic heterocycles. The lowest BCUT2D eigenvalue weighted by molar-refractivity contribution is -0.113. The first-order chi connectivity index (χ1) is 14.9. The Morgan fingerprint density at radius 1 is 1.13 bits per heavy atom. The number of hydrogen-bond acceptors (Lipinski definition) is 6. The van der Waals surface area contributed by atoms with Crippen LogP contribution in [0.15, 0.2) is 47.6 Å². The number of aromatic nitrogens is 3. The maximum atomic E-state index is 12.5. The molecule has 0 spiro atoms. The van der Waals surface area contributed by atoms with Crippen molar-refractivity contribution >= 4 is 23.4 Å². The molecule has 0 unspecified atom stereocenters. The van der Waals surface area contributed by atoms with Gasteiger partial charge < -0.3 is 19.4 Å². The topological polar surface area (TPSA) is 78.3 Å². The SMILES string of the molecule is COc1ccccc1NC(=O)CSc1nnc(COc2cc(C)ccc2C)n1C(C)C. The molecular formula is C23H28N4O3S. The van der Waals surface area contributed by atoms with Crippen molar-refractivity contribution in [3.05, 3.63) is 59.4 Å². The summed E-state index contributed by atoms with van der Waals surface area (Å²) in [5, 5.41) is 12.2. The average molecular weight is 441 g/mol. The van der Waals surface area contributed by atoms with E-state index in [9.17, 15) is 4.79 Å². The highest BCUT2D eigenvalue weighted by Gasteiger charge is 2.18. The summed E-state index contributed by atoms with van der Waals surface area (Å²) in [7, 11) is 1.58. The van der Waals surface area contributed by atoms with Crippen molar-refractivity contribution in [1.29, 1.82) is 0 Å². The van der Waals surface area contributed by atoms with Gasteiger partial charge in [-0.2, -0.15) is 0 Å². The number of hydrogen-bond donors (Lipinski definition) is 1. The summed E-state index contributed by atoms with van der Waals surface area (Å²) >= 11 is 1.35. The average Bonchev–Trinajstić information content (AvgIpc) is 3.16. The summed E-state index contributed by atoms with van der Waals surface area (Å²) in [5.41, 5.74) is 2.86. The highest BCUT2D eigenvalue weighted by Crippen LogP contribution is 2.26. The molecule has 7 nitrogen and oxygen atoms in total. The molecule has 1 heterocycles. The first kappa shape index (κ1) is 22.7. The quantitative estimate of drug-likeness (QED) is 0.482. The number of para-hydroxylation sites is 2. The normalized spacial score (nSPS) is 10.9. The van der Waals surface area contributed by atoms with Gasteiger partial charge in [-0.05, 0) is 57.0 Å². The van der Waals surface area contributed by atoms with Crippen molar-refractivity contribution in [3.8, 4) is 11.5 Å². The van der Waals surface area contributed by atoms with E-state index in [0.29, 0.717) is 23.2 Å². The number of thioether (sulfide) groups is 1. The van der Waals surface area contributed by atoms with Gasteiger partial charge in [0.05, 0.1) is 18.6 Å². The third-order valence-corrected chi connectivity index (χ3v) is 5.61. The van der Waals surface area contributed by atoms with E-state index in [4.69, 9.17) is 9.47 Å². The number of nitrogens with one attached hydrogen (secondary N) is 1. The molecular weight excluding hydrogens is 412 g/mol. The molecule has 0 aliphatic rings. The molecule has 3 aromatic rings. The molecule has 0 bridgehead atoms. The predicted molar refractivity (Wildman–Crippen MR) is 123 cm³/mol. The predicted octanol–water partition coefficient (Wildman–Crippen LogP) is 4.79. The Bertz CT molecular complexity index is 1050. The Morgan fingerprint density at radius 2 is 1.90 bits per heavy atom. The van der Waals surface area contributed by atoms with E-state index < -0.39 is 0 Å². The van der Waals surface area contributed by atoms with Gasteiger partial charge in [-0.3, -0.25) is 4.79 Å². The Morgan fingerprint density at radius 3 is 2.65 bits per heavy atom. The molecule has 1 aromatic heterocycles. The smallest absolute Gasteiger partial charge is 0.234 e. The number of benzene rings is 2. The molecule has 31 heavy (non-hydrogen) atoms. The van der Waals surface area contributed by atoms with Crippen LogP contribution in [0.3, 0.4) is 0 Å². The van der Waals surface area contributed by atoms with Crippen molar-refractivity contribution in [2.24, 2.45) is 0 Å². The summed E-state index contributed by atoms with van der Waals surface area (Å²) in [6, 6.07) is 13.6. The van der Waals surface area contributed by atoms with Crippen molar-refractivity contribution in [1.82, 2.24) is 14.8 Å². The van der Waals surface area contributed by atoms with Crippen molar-refractivity contribution in [2.75, 3.05) is 18.2 Å². The van der Waals surface area contributed by atoms with Crippen LogP contribution in [-0.4, -0.2) is 33.5 Å². The van der Waals surface area contributed by atoms with E-state index in [2.05, 4.69) is 35.4 Å². The zero-order valence-electron chi connectivity index (χ0n) is 18.5. The molecule has 0 saturated carbocycles. The lowest BCUT2D eigenvalue weighted by Gasteiger charge is -2.15. The standard InChI is InChI=1S/C23H28N4O3S/c1-15(2)27-21(13-30-20-12-16(3)10-11-17(20)4)25-26-23(27)31-14-22(28)24-18-8-6-7-9-19(18)29-5/h6-12,15H,13-14H2,1-5H3,(H,24,28). The number of carbonyl (C=O) groups excluding carboxylic acids is 1. The van der Waals surface area contributed by atoms with Crippen LogP contribution in [0.4, 0.5) is 5.69 Å². The summed E-state index contributed by atoms with van der Waals surface area (Å²) in [5.74, 6) is 2.26. The molecule has 0 atom stereocenters. The third kappa shape index (κ3) is 5.79. The van der Waals surface area contributed by atoms with E-state index >= 15 is 0 Å². The minimum atomic E-state index is -0.138. The van der Waals surface area contributed by atoms with E-state index in [1.165, 1.54) is 11.8 Å². The molecule has 8 heteroatoms. The fraction of sp³-hybridized carbons (Fsp3) is 0.348. The minimum Gasteiger partial charge on any atom is -0.495 e. The number of methoxy groups -OCH3 is 1. The number of nitrogens with zero attached hydrogens (tertiary/aromatic N) is 3. The lowest BCUT2D eigenvalue weighted by Crippen LogP contribution is -2.16. The van der Waals surface area contributed by atoms with Crippen LogP contribution >= 0.6 is 11.8 Å². The largest absolute Gasteiger partial charge is 0.495 e. The maximum absolute atomic E-state index is 12.5. The summed E-state index contributed by atoms with van der Waals surface area (Å²) in [6.45, 7) is 8.48. The second-order valence-electron chi connectivity index (χ2n) is 7.46. The summed E-state index contributed by atoms with van der Waals surface area (Å²) < 4.78 is 13.3. The van der Waals surface area contributed by atoms with Crippen LogP contribution in [-0.2, 0) is 11.4 Å². The Balaban J connectivity index is 1.66. The zero-order valence-corrected chi connectivity index (χ0v) is 19.3. The number of anilines is 1. The fourth-order valence-electron chi connectivity index (χ4n) is 3.09. The highest BCUT2D eigenvalue weighted by molar-refractivity contribution is 7.99. The number of amides is 1. The zero-order chi connectivity index (χ0) is 22.4. The molecule has 2 aromatic carbocycles. The summed E-state index contributed by atoms with van der Waals surface area (Å²) in [6.07, 6.45) is 0. The molecule has 1 amide bonds. The highest BCUT2D eigenvalue weighted by atomic mass is 32.2. The van der Waals surface area contributed by atoms with Crippen LogP contribution in [0.2, 0.25) is 0 Å². The van der Waals surface area contributed by atoms with Crippen LogP contribution in [0.25, 0.3) is 0 Å². The first-order valence-electron chi connectivity index (χ1n) is 10.1. The molecule has 0 saturated heterocycles. The fourth-order valence-corrected chi connectivity index (χ4v) is 3.98. The van der Waals surface area contributed by atoms with Gasteiger partial charge in [0.1, 0.15) is 18.1 Å². The van der Waals surface area contributed by atoms with E-state index in [1.54, 1.807) is 19.2 Å². The molecule has 0 aliphatic carbocycles. The van der Waals surface area contributed by atoms with Gasteiger partial charge in [0.2, 0.25) is 5.91 Å². The Labute approximate surface area is 187 Å². The Kier molecular flexibility index (Phi) is 7.57. The molecule has 164 valence electrons. The van der Waals surface area contributed by atoms with Crippen LogP contribution in [0.1, 0.15) is 36.8 Å². The second-order valence-corrected chi connectivity index (χ2v) is 8.40. The van der Waals surface area contributed by atoms with Crippen LogP contribution in [0, 0.1) is 13.8 Å².